The number of nitrogens with one attached hydrogen (secondary N) is 1. The Balaban J connectivity index is 1.69. The van der Waals surface area contributed by atoms with Crippen LogP contribution in [0.1, 0.15) is 41.2 Å². The molecular weight excluding hydrogens is 564 g/mol. The molecule has 10 heteroatoms. The van der Waals surface area contributed by atoms with Crippen molar-refractivity contribution in [1.29, 1.82) is 5.26 Å². The van der Waals surface area contributed by atoms with Gasteiger partial charge in [0.25, 0.3) is 11.5 Å². The van der Waals surface area contributed by atoms with E-state index in [0.29, 0.717) is 63.7 Å². The van der Waals surface area contributed by atoms with Gasteiger partial charge in [-0.1, -0.05) is 72.8 Å². The van der Waals surface area contributed by atoms with E-state index in [4.69, 9.17) is 28.6 Å². The molecule has 206 valence electrons. The molecule has 4 rings (SSSR count). The number of thioether (sulfide) groups is 1. The number of rotatable bonds is 10. The molecular formula is C30H29ClN4O3S2. The Morgan fingerprint density at radius 2 is 1.88 bits per heavy atom. The smallest absolute Gasteiger partial charge is 0.270 e. The molecule has 2 aromatic carbocycles. The lowest BCUT2D eigenvalue weighted by molar-refractivity contribution is -0.122. The molecule has 40 heavy (non-hydrogen) atoms. The van der Waals surface area contributed by atoms with Crippen LogP contribution in [0, 0.1) is 18.3 Å². The highest BCUT2D eigenvalue weighted by Gasteiger charge is 2.32. The third kappa shape index (κ3) is 6.25. The second kappa shape index (κ2) is 13.2. The first kappa shape index (κ1) is 29.4. The SMILES string of the molecule is CCCn1c(NCc2ccccc2Cl)c(/C=C2/SC(=S)N(CCc3ccc(OC)cc3)C2=O)c(C)c(C#N)c1=O. The maximum Gasteiger partial charge on any atom is 0.270 e. The van der Waals surface area contributed by atoms with Crippen molar-refractivity contribution in [1.82, 2.24) is 9.47 Å². The van der Waals surface area contributed by atoms with Crippen LogP contribution in [0.5, 0.6) is 5.75 Å². The Bertz CT molecular complexity index is 1580. The van der Waals surface area contributed by atoms with Gasteiger partial charge >= 0.3 is 0 Å². The van der Waals surface area contributed by atoms with Crippen molar-refractivity contribution >= 4 is 57.7 Å². The third-order valence-electron chi connectivity index (χ3n) is 6.66. The minimum atomic E-state index is -0.368. The largest absolute Gasteiger partial charge is 0.497 e. The lowest BCUT2D eigenvalue weighted by Gasteiger charge is -2.20. The van der Waals surface area contributed by atoms with Gasteiger partial charge < -0.3 is 10.1 Å². The zero-order valence-corrected chi connectivity index (χ0v) is 24.9. The number of anilines is 1. The molecule has 1 N–H and O–H groups in total. The molecule has 0 atom stereocenters. The number of pyridine rings is 1. The number of hydrogen-bond donors (Lipinski definition) is 1. The van der Waals surface area contributed by atoms with Crippen molar-refractivity contribution in [2.45, 2.75) is 39.8 Å². The summed E-state index contributed by atoms with van der Waals surface area (Å²) in [6.45, 7) is 4.89. The van der Waals surface area contributed by atoms with E-state index in [0.717, 1.165) is 16.9 Å². The highest BCUT2D eigenvalue weighted by molar-refractivity contribution is 8.26. The van der Waals surface area contributed by atoms with Gasteiger partial charge in [0.1, 0.15) is 27.5 Å². The van der Waals surface area contributed by atoms with E-state index in [9.17, 15) is 14.9 Å². The number of nitrogens with zero attached hydrogens (tertiary/aromatic N) is 3. The van der Waals surface area contributed by atoms with Gasteiger partial charge in [-0.2, -0.15) is 5.26 Å². The number of ether oxygens (including phenoxy) is 1. The number of hydrogen-bond acceptors (Lipinski definition) is 7. The molecule has 3 aromatic rings. The van der Waals surface area contributed by atoms with E-state index in [1.54, 1.807) is 35.6 Å². The van der Waals surface area contributed by atoms with Crippen molar-refractivity contribution in [3.8, 4) is 11.8 Å². The van der Waals surface area contributed by atoms with Crippen molar-refractivity contribution in [2.75, 3.05) is 19.0 Å². The second-order valence-corrected chi connectivity index (χ2v) is 11.3. The lowest BCUT2D eigenvalue weighted by atomic mass is 10.0. The predicted molar refractivity (Wildman–Crippen MR) is 166 cm³/mol. The van der Waals surface area contributed by atoms with Gasteiger partial charge in [-0.05, 0) is 60.7 Å². The number of carbonyl (C=O) groups is 1. The summed E-state index contributed by atoms with van der Waals surface area (Å²) < 4.78 is 7.25. The first-order valence-corrected chi connectivity index (χ1v) is 14.4. The van der Waals surface area contributed by atoms with E-state index in [1.165, 1.54) is 11.8 Å². The molecule has 0 aliphatic carbocycles. The molecule has 0 saturated carbocycles. The van der Waals surface area contributed by atoms with Crippen LogP contribution in [0.3, 0.4) is 0 Å². The molecule has 7 nitrogen and oxygen atoms in total. The Morgan fingerprint density at radius 1 is 1.15 bits per heavy atom. The Kier molecular flexibility index (Phi) is 9.69. The number of carbonyl (C=O) groups excluding carboxylic acids is 1. The molecule has 1 aromatic heterocycles. The van der Waals surface area contributed by atoms with Crippen LogP contribution in [0.4, 0.5) is 5.82 Å². The fourth-order valence-corrected chi connectivity index (χ4v) is 5.96. The van der Waals surface area contributed by atoms with E-state index in [-0.39, 0.29) is 17.0 Å². The monoisotopic (exact) mass is 592 g/mol. The Morgan fingerprint density at radius 3 is 2.52 bits per heavy atom. The third-order valence-corrected chi connectivity index (χ3v) is 8.40. The van der Waals surface area contributed by atoms with E-state index >= 15 is 0 Å². The summed E-state index contributed by atoms with van der Waals surface area (Å²) in [4.78, 5) is 28.8. The zero-order valence-electron chi connectivity index (χ0n) is 22.5. The molecule has 2 heterocycles. The van der Waals surface area contributed by atoms with Crippen molar-refractivity contribution in [3.05, 3.63) is 96.6 Å². The van der Waals surface area contributed by atoms with Gasteiger partial charge in [-0.15, -0.1) is 0 Å². The number of halogens is 1. The second-order valence-electron chi connectivity index (χ2n) is 9.21. The number of thiocarbonyl (C=S) groups is 1. The molecule has 1 amide bonds. The fourth-order valence-electron chi connectivity index (χ4n) is 4.47. The molecule has 1 saturated heterocycles. The average Bonchev–Trinajstić information content (AvgIpc) is 3.22. The average molecular weight is 593 g/mol. The maximum absolute atomic E-state index is 13.5. The molecule has 1 aliphatic heterocycles. The van der Waals surface area contributed by atoms with E-state index in [1.807, 2.05) is 49.4 Å². The van der Waals surface area contributed by atoms with E-state index < -0.39 is 0 Å². The van der Waals surface area contributed by atoms with Crippen LogP contribution in [-0.2, 0) is 24.3 Å². The van der Waals surface area contributed by atoms with Crippen LogP contribution in [0.25, 0.3) is 6.08 Å². The number of amides is 1. The van der Waals surface area contributed by atoms with Gasteiger partial charge in [0.05, 0.1) is 12.0 Å². The summed E-state index contributed by atoms with van der Waals surface area (Å²) in [7, 11) is 1.62. The molecule has 0 bridgehead atoms. The van der Waals surface area contributed by atoms with Gasteiger partial charge in [-0.3, -0.25) is 19.1 Å². The van der Waals surface area contributed by atoms with Gasteiger partial charge in [-0.25, -0.2) is 0 Å². The first-order valence-electron chi connectivity index (χ1n) is 12.8. The summed E-state index contributed by atoms with van der Waals surface area (Å²) in [6.07, 6.45) is 3.05. The standard InChI is InChI=1S/C30H29ClN4O3S2/c1-4-14-34-27(33-18-21-7-5-6-8-25(21)31)23(19(2)24(17-32)28(34)36)16-26-29(37)35(30(39)40-26)15-13-20-9-11-22(38-3)12-10-20/h5-12,16,33H,4,13-15,18H2,1-3H3/b26-16+. The van der Waals surface area contributed by atoms with Crippen LogP contribution in [-0.4, -0.2) is 33.3 Å². The molecule has 0 radical (unpaired) electrons. The van der Waals surface area contributed by atoms with E-state index in [2.05, 4.69) is 11.4 Å². The molecule has 1 fully saturated rings. The van der Waals surface area contributed by atoms with Crippen molar-refractivity contribution in [2.24, 2.45) is 0 Å². The van der Waals surface area contributed by atoms with Gasteiger partial charge in [0, 0.05) is 30.2 Å². The summed E-state index contributed by atoms with van der Waals surface area (Å²) >= 11 is 13.2. The highest BCUT2D eigenvalue weighted by atomic mass is 35.5. The summed E-state index contributed by atoms with van der Waals surface area (Å²) in [5.74, 6) is 1.10. The van der Waals surface area contributed by atoms with Gasteiger partial charge in [0.2, 0.25) is 0 Å². The fraction of sp³-hybridized carbons (Fsp3) is 0.267. The molecule has 0 spiro atoms. The molecule has 0 unspecified atom stereocenters. The number of benzene rings is 2. The topological polar surface area (TPSA) is 87.4 Å². The lowest BCUT2D eigenvalue weighted by Crippen LogP contribution is -2.30. The van der Waals surface area contributed by atoms with Crippen LogP contribution < -0.4 is 15.6 Å². The number of nitriles is 1. The quantitative estimate of drug-likeness (QED) is 0.223. The Hall–Kier alpha value is -3.58. The predicted octanol–water partition coefficient (Wildman–Crippen LogP) is 6.16. The van der Waals surface area contributed by atoms with Gasteiger partial charge in [0.15, 0.2) is 0 Å². The number of methoxy groups -OCH3 is 1. The van der Waals surface area contributed by atoms with Crippen LogP contribution >= 0.6 is 35.6 Å². The summed E-state index contributed by atoms with van der Waals surface area (Å²) in [6, 6.07) is 17.2. The van der Waals surface area contributed by atoms with Crippen molar-refractivity contribution < 1.29 is 9.53 Å². The first-order chi connectivity index (χ1) is 19.3. The highest BCUT2D eigenvalue weighted by Crippen LogP contribution is 2.35. The zero-order chi connectivity index (χ0) is 28.8. The maximum atomic E-state index is 13.5. The minimum Gasteiger partial charge on any atom is -0.497 e. The van der Waals surface area contributed by atoms with Crippen LogP contribution in [0.15, 0.2) is 58.2 Å². The number of aromatic nitrogens is 1. The van der Waals surface area contributed by atoms with Crippen molar-refractivity contribution in [3.63, 3.8) is 0 Å². The Labute approximate surface area is 248 Å². The van der Waals surface area contributed by atoms with Crippen LogP contribution in [0.2, 0.25) is 5.02 Å². The normalized spacial score (nSPS) is 14.1. The molecule has 1 aliphatic rings. The summed E-state index contributed by atoms with van der Waals surface area (Å²) in [5, 5.41) is 13.8. The minimum absolute atomic E-state index is 0.0537. The summed E-state index contributed by atoms with van der Waals surface area (Å²) in [5.41, 5.74) is 2.71.